The van der Waals surface area contributed by atoms with E-state index < -0.39 is 10.0 Å². The van der Waals surface area contributed by atoms with Gasteiger partial charge in [-0.25, -0.2) is 12.7 Å². The van der Waals surface area contributed by atoms with Crippen LogP contribution in [0, 0.1) is 12.8 Å². The number of amides is 1. The Bertz CT molecular complexity index is 903. The lowest BCUT2D eigenvalue weighted by molar-refractivity contribution is -0.126. The summed E-state index contributed by atoms with van der Waals surface area (Å²) >= 11 is 0. The summed E-state index contributed by atoms with van der Waals surface area (Å²) in [6.07, 6.45) is 1.14. The average Bonchev–Trinajstić information content (AvgIpc) is 2.74. The number of sulfonamides is 1. The molecule has 1 amide bonds. The number of hydrogen-bond acceptors (Lipinski definition) is 3. The smallest absolute Gasteiger partial charge is 0.223 e. The zero-order chi connectivity index (χ0) is 20.9. The Morgan fingerprint density at radius 2 is 1.69 bits per heavy atom. The second-order valence-electron chi connectivity index (χ2n) is 7.97. The van der Waals surface area contributed by atoms with Crippen LogP contribution in [0.5, 0.6) is 0 Å². The molecular formula is C23H30N2O3S. The van der Waals surface area contributed by atoms with Gasteiger partial charge in [0.2, 0.25) is 15.9 Å². The van der Waals surface area contributed by atoms with Crippen LogP contribution in [0.1, 0.15) is 42.4 Å². The number of carbonyl (C=O) groups is 1. The summed E-state index contributed by atoms with van der Waals surface area (Å²) < 4.78 is 27.0. The number of hydrogen-bond donors (Lipinski definition) is 1. The molecule has 3 rings (SSSR count). The van der Waals surface area contributed by atoms with E-state index in [9.17, 15) is 13.2 Å². The first-order valence-electron chi connectivity index (χ1n) is 10.2. The van der Waals surface area contributed by atoms with Crippen molar-refractivity contribution < 1.29 is 13.2 Å². The average molecular weight is 415 g/mol. The van der Waals surface area contributed by atoms with E-state index in [0.29, 0.717) is 32.5 Å². The molecule has 0 bridgehead atoms. The highest BCUT2D eigenvalue weighted by atomic mass is 32.2. The van der Waals surface area contributed by atoms with Crippen LogP contribution in [0.15, 0.2) is 54.6 Å². The van der Waals surface area contributed by atoms with Crippen LogP contribution in [-0.2, 0) is 20.6 Å². The highest BCUT2D eigenvalue weighted by molar-refractivity contribution is 7.88. The van der Waals surface area contributed by atoms with Crippen LogP contribution in [0.25, 0.3) is 0 Å². The van der Waals surface area contributed by atoms with Gasteiger partial charge in [-0.1, -0.05) is 67.1 Å². The third kappa shape index (κ3) is 5.90. The van der Waals surface area contributed by atoms with Gasteiger partial charge in [-0.3, -0.25) is 4.79 Å². The highest BCUT2D eigenvalue weighted by Crippen LogP contribution is 2.22. The maximum Gasteiger partial charge on any atom is 0.223 e. The summed E-state index contributed by atoms with van der Waals surface area (Å²) in [5.74, 6) is 0.168. The second-order valence-corrected chi connectivity index (χ2v) is 9.94. The lowest BCUT2D eigenvalue weighted by atomic mass is 9.96. The van der Waals surface area contributed by atoms with Crippen molar-refractivity contribution in [2.45, 2.75) is 38.4 Å². The molecule has 1 fully saturated rings. The zero-order valence-corrected chi connectivity index (χ0v) is 18.0. The first kappa shape index (κ1) is 21.5. The van der Waals surface area contributed by atoms with Gasteiger partial charge in [0, 0.05) is 25.6 Å². The molecule has 1 heterocycles. The lowest BCUT2D eigenvalue weighted by Crippen LogP contribution is -2.43. The standard InChI is InChI=1S/C23H30N2O3S/c1-18-8-10-20(11-9-18)17-29(27,28)25-14-12-22(13-15-25)23(26)24-16-19(2)21-6-4-3-5-7-21/h3-11,19,22H,12-17H2,1-2H3,(H,24,26)/t19-/m0/s1. The van der Waals surface area contributed by atoms with E-state index in [1.165, 1.54) is 9.87 Å². The molecule has 1 N–H and O–H groups in total. The van der Waals surface area contributed by atoms with E-state index in [0.717, 1.165) is 11.1 Å². The van der Waals surface area contributed by atoms with Crippen molar-refractivity contribution in [1.29, 1.82) is 0 Å². The van der Waals surface area contributed by atoms with Gasteiger partial charge < -0.3 is 5.32 Å². The number of nitrogens with one attached hydrogen (secondary N) is 1. The third-order valence-electron chi connectivity index (χ3n) is 5.64. The van der Waals surface area contributed by atoms with Gasteiger partial charge in [-0.2, -0.15) is 0 Å². The molecule has 5 nitrogen and oxygen atoms in total. The summed E-state index contributed by atoms with van der Waals surface area (Å²) in [6.45, 7) is 5.47. The Labute approximate surface area is 174 Å². The molecule has 1 saturated heterocycles. The van der Waals surface area contributed by atoms with Gasteiger partial charge in [0.1, 0.15) is 0 Å². The number of nitrogens with zero attached hydrogens (tertiary/aromatic N) is 1. The van der Waals surface area contributed by atoms with Crippen LogP contribution >= 0.6 is 0 Å². The van der Waals surface area contributed by atoms with Crippen molar-refractivity contribution in [2.24, 2.45) is 5.92 Å². The van der Waals surface area contributed by atoms with Gasteiger partial charge in [0.05, 0.1) is 5.75 Å². The quantitative estimate of drug-likeness (QED) is 0.755. The molecule has 156 valence electrons. The Morgan fingerprint density at radius 1 is 1.07 bits per heavy atom. The Morgan fingerprint density at radius 3 is 2.31 bits per heavy atom. The minimum atomic E-state index is -3.36. The van der Waals surface area contributed by atoms with Crippen LogP contribution in [0.4, 0.5) is 0 Å². The number of aryl methyl sites for hydroxylation is 1. The molecule has 1 aliphatic heterocycles. The fraction of sp³-hybridized carbons (Fsp3) is 0.435. The summed E-state index contributed by atoms with van der Waals surface area (Å²) in [7, 11) is -3.36. The van der Waals surface area contributed by atoms with Gasteiger partial charge in [-0.05, 0) is 36.8 Å². The van der Waals surface area contributed by atoms with Crippen molar-refractivity contribution >= 4 is 15.9 Å². The van der Waals surface area contributed by atoms with Crippen molar-refractivity contribution in [3.63, 3.8) is 0 Å². The maximum absolute atomic E-state index is 12.7. The molecule has 0 aromatic heterocycles. The normalized spacial score (nSPS) is 17.0. The second kappa shape index (κ2) is 9.55. The molecule has 6 heteroatoms. The lowest BCUT2D eigenvalue weighted by Gasteiger charge is -2.30. The number of carbonyl (C=O) groups excluding carboxylic acids is 1. The number of benzene rings is 2. The third-order valence-corrected chi connectivity index (χ3v) is 7.49. The molecular weight excluding hydrogens is 384 g/mol. The van der Waals surface area contributed by atoms with Gasteiger partial charge >= 0.3 is 0 Å². The van der Waals surface area contributed by atoms with E-state index in [1.807, 2.05) is 49.4 Å². The molecule has 0 spiro atoms. The van der Waals surface area contributed by atoms with Gasteiger partial charge in [-0.15, -0.1) is 0 Å². The van der Waals surface area contributed by atoms with E-state index in [1.54, 1.807) is 0 Å². The van der Waals surface area contributed by atoms with Gasteiger partial charge in [0.25, 0.3) is 0 Å². The number of piperidine rings is 1. The molecule has 2 aromatic carbocycles. The van der Waals surface area contributed by atoms with Crippen molar-refractivity contribution in [1.82, 2.24) is 9.62 Å². The largest absolute Gasteiger partial charge is 0.355 e. The predicted octanol–water partition coefficient (Wildman–Crippen LogP) is 3.46. The van der Waals surface area contributed by atoms with Crippen LogP contribution < -0.4 is 5.32 Å². The topological polar surface area (TPSA) is 66.5 Å². The number of rotatable bonds is 7. The Kier molecular flexibility index (Phi) is 7.09. The molecule has 0 aliphatic carbocycles. The first-order chi connectivity index (χ1) is 13.8. The van der Waals surface area contributed by atoms with E-state index >= 15 is 0 Å². The summed E-state index contributed by atoms with van der Waals surface area (Å²) in [4.78, 5) is 12.5. The van der Waals surface area contributed by atoms with E-state index in [4.69, 9.17) is 0 Å². The molecule has 0 saturated carbocycles. The predicted molar refractivity (Wildman–Crippen MR) is 116 cm³/mol. The summed E-state index contributed by atoms with van der Waals surface area (Å²) in [5, 5.41) is 3.04. The fourth-order valence-corrected chi connectivity index (χ4v) is 5.24. The molecule has 1 atom stereocenters. The summed E-state index contributed by atoms with van der Waals surface area (Å²) in [6, 6.07) is 17.7. The van der Waals surface area contributed by atoms with Crippen LogP contribution in [0.2, 0.25) is 0 Å². The summed E-state index contributed by atoms with van der Waals surface area (Å²) in [5.41, 5.74) is 3.11. The molecule has 2 aromatic rings. The Hall–Kier alpha value is -2.18. The highest BCUT2D eigenvalue weighted by Gasteiger charge is 2.31. The van der Waals surface area contributed by atoms with Gasteiger partial charge in [0.15, 0.2) is 0 Å². The van der Waals surface area contributed by atoms with Crippen LogP contribution in [0.3, 0.4) is 0 Å². The SMILES string of the molecule is Cc1ccc(CS(=O)(=O)N2CCC(C(=O)NC[C@H](C)c3ccccc3)CC2)cc1. The monoisotopic (exact) mass is 414 g/mol. The maximum atomic E-state index is 12.7. The minimum absolute atomic E-state index is 0.0126. The molecule has 0 radical (unpaired) electrons. The van der Waals surface area contributed by atoms with Crippen molar-refractivity contribution in [3.8, 4) is 0 Å². The van der Waals surface area contributed by atoms with E-state index in [-0.39, 0.29) is 23.5 Å². The zero-order valence-electron chi connectivity index (χ0n) is 17.2. The molecule has 29 heavy (non-hydrogen) atoms. The molecule has 0 unspecified atom stereocenters. The first-order valence-corrected chi connectivity index (χ1v) is 11.8. The van der Waals surface area contributed by atoms with Crippen molar-refractivity contribution in [2.75, 3.05) is 19.6 Å². The molecule has 1 aliphatic rings. The minimum Gasteiger partial charge on any atom is -0.355 e. The van der Waals surface area contributed by atoms with E-state index in [2.05, 4.69) is 24.4 Å². The fourth-order valence-electron chi connectivity index (χ4n) is 3.68. The van der Waals surface area contributed by atoms with Crippen molar-refractivity contribution in [3.05, 3.63) is 71.3 Å². The Balaban J connectivity index is 1.47. The van der Waals surface area contributed by atoms with Crippen LogP contribution in [-0.4, -0.2) is 38.3 Å².